The Morgan fingerprint density at radius 3 is 2.48 bits per heavy atom. The standard InChI is InChI=1S/C15H21N3O2S/c1-4-5-13-10-15(17-16-13)18-21(19,20)14-8-6-12(7-9-14)11(2)3/h6-11H,4-5H2,1-3H3,(H2,16,17,18). The number of H-pyrrole nitrogens is 1. The summed E-state index contributed by atoms with van der Waals surface area (Å²) in [7, 11) is -3.59. The minimum absolute atomic E-state index is 0.243. The third kappa shape index (κ3) is 3.85. The summed E-state index contributed by atoms with van der Waals surface area (Å²) in [6, 6.07) is 8.65. The van der Waals surface area contributed by atoms with Gasteiger partial charge < -0.3 is 0 Å². The molecule has 0 aliphatic heterocycles. The molecule has 0 atom stereocenters. The van der Waals surface area contributed by atoms with Crippen molar-refractivity contribution in [3.8, 4) is 0 Å². The number of nitrogens with zero attached hydrogens (tertiary/aromatic N) is 1. The predicted molar refractivity (Wildman–Crippen MR) is 83.9 cm³/mol. The van der Waals surface area contributed by atoms with Crippen LogP contribution in [0.2, 0.25) is 0 Å². The van der Waals surface area contributed by atoms with E-state index in [1.165, 1.54) is 0 Å². The lowest BCUT2D eigenvalue weighted by Gasteiger charge is -2.08. The second kappa shape index (κ2) is 6.30. The number of rotatable bonds is 6. The lowest BCUT2D eigenvalue weighted by molar-refractivity contribution is 0.601. The van der Waals surface area contributed by atoms with Crippen LogP contribution in [0.1, 0.15) is 44.4 Å². The molecule has 1 aromatic carbocycles. The van der Waals surface area contributed by atoms with Crippen molar-refractivity contribution >= 4 is 15.8 Å². The number of aromatic nitrogens is 2. The smallest absolute Gasteiger partial charge is 0.263 e. The maximum absolute atomic E-state index is 12.3. The molecule has 0 saturated carbocycles. The van der Waals surface area contributed by atoms with E-state index >= 15 is 0 Å². The van der Waals surface area contributed by atoms with Crippen molar-refractivity contribution in [3.63, 3.8) is 0 Å². The zero-order valence-electron chi connectivity index (χ0n) is 12.6. The quantitative estimate of drug-likeness (QED) is 0.860. The van der Waals surface area contributed by atoms with Crippen LogP contribution in [0.3, 0.4) is 0 Å². The van der Waals surface area contributed by atoms with Gasteiger partial charge in [0.2, 0.25) is 0 Å². The van der Waals surface area contributed by atoms with Gasteiger partial charge in [0.25, 0.3) is 10.0 Å². The lowest BCUT2D eigenvalue weighted by atomic mass is 10.0. The Morgan fingerprint density at radius 2 is 1.90 bits per heavy atom. The Labute approximate surface area is 125 Å². The van der Waals surface area contributed by atoms with Crippen LogP contribution >= 0.6 is 0 Å². The van der Waals surface area contributed by atoms with Gasteiger partial charge in [-0.05, 0) is 30.0 Å². The van der Waals surface area contributed by atoms with Gasteiger partial charge in [-0.3, -0.25) is 9.82 Å². The Balaban J connectivity index is 2.17. The van der Waals surface area contributed by atoms with E-state index in [0.29, 0.717) is 11.7 Å². The number of hydrogen-bond donors (Lipinski definition) is 2. The Morgan fingerprint density at radius 1 is 1.24 bits per heavy atom. The first kappa shape index (κ1) is 15.6. The Bertz CT molecular complexity index is 688. The number of hydrogen-bond acceptors (Lipinski definition) is 3. The number of aryl methyl sites for hydroxylation is 1. The van der Waals surface area contributed by atoms with Crippen molar-refractivity contribution < 1.29 is 8.42 Å². The van der Waals surface area contributed by atoms with Crippen LogP contribution in [0.5, 0.6) is 0 Å². The largest absolute Gasteiger partial charge is 0.280 e. The topological polar surface area (TPSA) is 74.8 Å². The van der Waals surface area contributed by atoms with Gasteiger partial charge in [-0.25, -0.2) is 8.42 Å². The highest BCUT2D eigenvalue weighted by atomic mass is 32.2. The van der Waals surface area contributed by atoms with E-state index < -0.39 is 10.0 Å². The average Bonchev–Trinajstić information content (AvgIpc) is 2.86. The van der Waals surface area contributed by atoms with Crippen LogP contribution in [0, 0.1) is 0 Å². The van der Waals surface area contributed by atoms with Gasteiger partial charge in [0.1, 0.15) is 0 Å². The summed E-state index contributed by atoms with van der Waals surface area (Å²) in [6.45, 7) is 6.20. The molecule has 0 fully saturated rings. The number of anilines is 1. The highest BCUT2D eigenvalue weighted by Gasteiger charge is 2.16. The molecule has 2 aromatic rings. The molecule has 0 aliphatic carbocycles. The summed E-state index contributed by atoms with van der Waals surface area (Å²) in [5.74, 6) is 0.698. The van der Waals surface area contributed by atoms with E-state index in [0.717, 1.165) is 24.1 Å². The van der Waals surface area contributed by atoms with E-state index in [1.807, 2.05) is 12.1 Å². The first-order chi connectivity index (χ1) is 9.92. The number of sulfonamides is 1. The van der Waals surface area contributed by atoms with Gasteiger partial charge in [-0.2, -0.15) is 5.10 Å². The summed E-state index contributed by atoms with van der Waals surface area (Å²) in [5.41, 5.74) is 2.03. The molecule has 1 heterocycles. The molecule has 0 spiro atoms. The van der Waals surface area contributed by atoms with Gasteiger partial charge in [0, 0.05) is 11.8 Å². The summed E-state index contributed by atoms with van der Waals surface area (Å²) in [6.07, 6.45) is 1.82. The molecule has 114 valence electrons. The van der Waals surface area contributed by atoms with E-state index in [9.17, 15) is 8.42 Å². The molecular formula is C15H21N3O2S. The van der Waals surface area contributed by atoms with Gasteiger partial charge in [0.05, 0.1) is 4.90 Å². The fraction of sp³-hybridized carbons (Fsp3) is 0.400. The van der Waals surface area contributed by atoms with Gasteiger partial charge in [0.15, 0.2) is 5.82 Å². The van der Waals surface area contributed by atoms with Gasteiger partial charge >= 0.3 is 0 Å². The summed E-state index contributed by atoms with van der Waals surface area (Å²) in [4.78, 5) is 0.243. The minimum atomic E-state index is -3.59. The molecule has 1 aromatic heterocycles. The van der Waals surface area contributed by atoms with Crippen molar-refractivity contribution in [1.82, 2.24) is 10.2 Å². The molecule has 0 aliphatic rings. The van der Waals surface area contributed by atoms with Crippen LogP contribution in [-0.4, -0.2) is 18.6 Å². The predicted octanol–water partition coefficient (Wildman–Crippen LogP) is 3.29. The zero-order valence-corrected chi connectivity index (χ0v) is 13.4. The van der Waals surface area contributed by atoms with E-state index in [1.54, 1.807) is 18.2 Å². The van der Waals surface area contributed by atoms with E-state index in [-0.39, 0.29) is 4.90 Å². The molecule has 0 saturated heterocycles. The molecule has 0 bridgehead atoms. The van der Waals surface area contributed by atoms with E-state index in [2.05, 4.69) is 35.7 Å². The lowest BCUT2D eigenvalue weighted by Crippen LogP contribution is -2.13. The summed E-state index contributed by atoms with van der Waals surface area (Å²) < 4.78 is 27.1. The van der Waals surface area contributed by atoms with Crippen LogP contribution in [-0.2, 0) is 16.4 Å². The third-order valence-electron chi connectivity index (χ3n) is 3.25. The summed E-state index contributed by atoms with van der Waals surface area (Å²) in [5, 5.41) is 6.80. The highest BCUT2D eigenvalue weighted by molar-refractivity contribution is 7.92. The van der Waals surface area contributed by atoms with Gasteiger partial charge in [-0.15, -0.1) is 0 Å². The minimum Gasteiger partial charge on any atom is -0.280 e. The Hall–Kier alpha value is -1.82. The second-order valence-corrected chi connectivity index (χ2v) is 7.04. The number of aromatic amines is 1. The van der Waals surface area contributed by atoms with E-state index in [4.69, 9.17) is 0 Å². The molecular weight excluding hydrogens is 286 g/mol. The van der Waals surface area contributed by atoms with Crippen LogP contribution in [0.25, 0.3) is 0 Å². The van der Waals surface area contributed by atoms with Crippen molar-refractivity contribution in [2.45, 2.75) is 44.4 Å². The number of nitrogens with one attached hydrogen (secondary N) is 2. The van der Waals surface area contributed by atoms with Gasteiger partial charge in [-0.1, -0.05) is 39.3 Å². The van der Waals surface area contributed by atoms with Crippen molar-refractivity contribution in [1.29, 1.82) is 0 Å². The SMILES string of the molecule is CCCc1cc(NS(=O)(=O)c2ccc(C(C)C)cc2)n[nH]1. The maximum atomic E-state index is 12.3. The first-order valence-electron chi connectivity index (χ1n) is 7.09. The first-order valence-corrected chi connectivity index (χ1v) is 8.57. The molecule has 2 rings (SSSR count). The molecule has 0 amide bonds. The Kier molecular flexibility index (Phi) is 4.67. The molecule has 21 heavy (non-hydrogen) atoms. The molecule has 5 nitrogen and oxygen atoms in total. The normalized spacial score (nSPS) is 11.8. The molecule has 0 unspecified atom stereocenters. The molecule has 0 radical (unpaired) electrons. The van der Waals surface area contributed by atoms with Crippen molar-refractivity contribution in [2.75, 3.05) is 4.72 Å². The molecule has 6 heteroatoms. The third-order valence-corrected chi connectivity index (χ3v) is 4.62. The maximum Gasteiger partial charge on any atom is 0.263 e. The fourth-order valence-electron chi connectivity index (χ4n) is 2.04. The fourth-order valence-corrected chi connectivity index (χ4v) is 3.03. The molecule has 2 N–H and O–H groups in total. The monoisotopic (exact) mass is 307 g/mol. The van der Waals surface area contributed by atoms with Crippen LogP contribution in [0.15, 0.2) is 35.2 Å². The highest BCUT2D eigenvalue weighted by Crippen LogP contribution is 2.19. The van der Waals surface area contributed by atoms with Crippen LogP contribution in [0.4, 0.5) is 5.82 Å². The van der Waals surface area contributed by atoms with Crippen molar-refractivity contribution in [3.05, 3.63) is 41.6 Å². The number of benzene rings is 1. The summed E-state index contributed by atoms with van der Waals surface area (Å²) >= 11 is 0. The zero-order chi connectivity index (χ0) is 15.5. The van der Waals surface area contributed by atoms with Crippen molar-refractivity contribution in [2.24, 2.45) is 0 Å². The average molecular weight is 307 g/mol. The second-order valence-electron chi connectivity index (χ2n) is 5.36. The van der Waals surface area contributed by atoms with Crippen LogP contribution < -0.4 is 4.72 Å².